The summed E-state index contributed by atoms with van der Waals surface area (Å²) in [5.74, 6) is 0.788. The Morgan fingerprint density at radius 3 is 2.68 bits per heavy atom. The monoisotopic (exact) mass is 257 g/mol. The van der Waals surface area contributed by atoms with E-state index in [0.717, 1.165) is 36.5 Å². The van der Waals surface area contributed by atoms with Gasteiger partial charge < -0.3 is 10.1 Å². The third kappa shape index (κ3) is 4.67. The topological polar surface area (TPSA) is 47.0 Å². The van der Waals surface area contributed by atoms with Crippen LogP contribution in [-0.2, 0) is 13.2 Å². The first-order chi connectivity index (χ1) is 9.38. The van der Waals surface area contributed by atoms with Crippen molar-refractivity contribution in [3.8, 4) is 5.75 Å². The highest BCUT2D eigenvalue weighted by Crippen LogP contribution is 2.11. The van der Waals surface area contributed by atoms with E-state index in [1.807, 2.05) is 24.3 Å². The van der Waals surface area contributed by atoms with Gasteiger partial charge in [-0.3, -0.25) is 9.97 Å². The number of ether oxygens (including phenoxy) is 1. The molecule has 0 fully saturated rings. The first-order valence-electron chi connectivity index (χ1n) is 6.56. The first kappa shape index (κ1) is 13.5. The molecule has 0 unspecified atom stereocenters. The van der Waals surface area contributed by atoms with E-state index >= 15 is 0 Å². The third-order valence-electron chi connectivity index (χ3n) is 2.69. The van der Waals surface area contributed by atoms with Crippen molar-refractivity contribution in [3.63, 3.8) is 0 Å². The van der Waals surface area contributed by atoms with E-state index in [-0.39, 0.29) is 0 Å². The van der Waals surface area contributed by atoms with Crippen molar-refractivity contribution in [1.82, 2.24) is 15.3 Å². The summed E-state index contributed by atoms with van der Waals surface area (Å²) in [4.78, 5) is 8.34. The van der Waals surface area contributed by atoms with Crippen molar-refractivity contribution in [2.24, 2.45) is 0 Å². The predicted octanol–water partition coefficient (Wildman–Crippen LogP) is 2.56. The number of hydrogen-bond donors (Lipinski definition) is 1. The minimum Gasteiger partial charge on any atom is -0.487 e. The van der Waals surface area contributed by atoms with E-state index in [1.54, 1.807) is 18.6 Å². The smallest absolute Gasteiger partial charge is 0.138 e. The lowest BCUT2D eigenvalue weighted by Crippen LogP contribution is -2.14. The van der Waals surface area contributed by atoms with Crippen molar-refractivity contribution in [1.29, 1.82) is 0 Å². The summed E-state index contributed by atoms with van der Waals surface area (Å²) in [6.45, 7) is 4.51. The second-order valence-electron chi connectivity index (χ2n) is 4.31. The fourth-order valence-electron chi connectivity index (χ4n) is 1.64. The average molecular weight is 257 g/mol. The van der Waals surface area contributed by atoms with Crippen LogP contribution < -0.4 is 10.1 Å². The Kier molecular flexibility index (Phi) is 5.31. The SMILES string of the molecule is CCCNCc1ccc(OCc2ccncc2)cn1. The van der Waals surface area contributed by atoms with Gasteiger partial charge in [-0.15, -0.1) is 0 Å². The Bertz CT molecular complexity index is 471. The number of nitrogens with zero attached hydrogens (tertiary/aromatic N) is 2. The molecule has 0 spiro atoms. The van der Waals surface area contributed by atoms with E-state index in [0.29, 0.717) is 6.61 Å². The lowest BCUT2D eigenvalue weighted by molar-refractivity contribution is 0.304. The van der Waals surface area contributed by atoms with E-state index in [9.17, 15) is 0 Å². The molecule has 0 aliphatic carbocycles. The molecule has 0 radical (unpaired) electrons. The summed E-state index contributed by atoms with van der Waals surface area (Å²) < 4.78 is 5.66. The van der Waals surface area contributed by atoms with Crippen LogP contribution in [0.5, 0.6) is 5.75 Å². The highest BCUT2D eigenvalue weighted by Gasteiger charge is 1.98. The number of hydrogen-bond acceptors (Lipinski definition) is 4. The van der Waals surface area contributed by atoms with Crippen LogP contribution in [0.15, 0.2) is 42.9 Å². The summed E-state index contributed by atoms with van der Waals surface area (Å²) in [5, 5.41) is 3.32. The van der Waals surface area contributed by atoms with Crippen LogP contribution in [0.3, 0.4) is 0 Å². The maximum absolute atomic E-state index is 5.66. The van der Waals surface area contributed by atoms with Gasteiger partial charge in [0.05, 0.1) is 11.9 Å². The molecule has 0 saturated heterocycles. The van der Waals surface area contributed by atoms with Crippen molar-refractivity contribution in [2.75, 3.05) is 6.54 Å². The zero-order valence-corrected chi connectivity index (χ0v) is 11.2. The van der Waals surface area contributed by atoms with Crippen LogP contribution in [0.25, 0.3) is 0 Å². The molecule has 100 valence electrons. The minimum absolute atomic E-state index is 0.539. The highest BCUT2D eigenvalue weighted by atomic mass is 16.5. The molecule has 0 aromatic carbocycles. The Balaban J connectivity index is 1.81. The molecule has 2 aromatic heterocycles. The van der Waals surface area contributed by atoms with Gasteiger partial charge in [-0.1, -0.05) is 6.92 Å². The lowest BCUT2D eigenvalue weighted by Gasteiger charge is -2.07. The zero-order valence-electron chi connectivity index (χ0n) is 11.2. The number of nitrogens with one attached hydrogen (secondary N) is 1. The largest absolute Gasteiger partial charge is 0.487 e. The quantitative estimate of drug-likeness (QED) is 0.774. The predicted molar refractivity (Wildman–Crippen MR) is 74.8 cm³/mol. The number of pyridine rings is 2. The molecule has 2 rings (SSSR count). The summed E-state index contributed by atoms with van der Waals surface area (Å²) in [6, 6.07) is 7.83. The van der Waals surface area contributed by atoms with Gasteiger partial charge in [0.2, 0.25) is 0 Å². The second-order valence-corrected chi connectivity index (χ2v) is 4.31. The van der Waals surface area contributed by atoms with Crippen molar-refractivity contribution < 1.29 is 4.74 Å². The molecule has 4 nitrogen and oxygen atoms in total. The van der Waals surface area contributed by atoms with Crippen LogP contribution in [0.2, 0.25) is 0 Å². The second kappa shape index (κ2) is 7.48. The molecule has 2 aromatic rings. The van der Waals surface area contributed by atoms with Crippen molar-refractivity contribution >= 4 is 0 Å². The molecule has 2 heterocycles. The van der Waals surface area contributed by atoms with Gasteiger partial charge >= 0.3 is 0 Å². The Hall–Kier alpha value is -1.94. The van der Waals surface area contributed by atoms with Gasteiger partial charge in [-0.2, -0.15) is 0 Å². The number of rotatable bonds is 7. The molecule has 0 aliphatic heterocycles. The fourth-order valence-corrected chi connectivity index (χ4v) is 1.64. The summed E-state index contributed by atoms with van der Waals surface area (Å²) >= 11 is 0. The molecule has 0 bridgehead atoms. The Labute approximate surface area is 113 Å². The zero-order chi connectivity index (χ0) is 13.3. The molecule has 19 heavy (non-hydrogen) atoms. The van der Waals surface area contributed by atoms with Gasteiger partial charge in [-0.05, 0) is 42.8 Å². The third-order valence-corrected chi connectivity index (χ3v) is 2.69. The average Bonchev–Trinajstić information content (AvgIpc) is 2.48. The van der Waals surface area contributed by atoms with Crippen molar-refractivity contribution in [3.05, 3.63) is 54.1 Å². The van der Waals surface area contributed by atoms with Crippen molar-refractivity contribution in [2.45, 2.75) is 26.5 Å². The normalized spacial score (nSPS) is 10.4. The van der Waals surface area contributed by atoms with E-state index in [2.05, 4.69) is 22.2 Å². The van der Waals surface area contributed by atoms with Gasteiger partial charge in [0, 0.05) is 18.9 Å². The molecule has 1 N–H and O–H groups in total. The molecule has 0 saturated carbocycles. The fraction of sp³-hybridized carbons (Fsp3) is 0.333. The maximum Gasteiger partial charge on any atom is 0.138 e. The van der Waals surface area contributed by atoms with Crippen LogP contribution in [-0.4, -0.2) is 16.5 Å². The van der Waals surface area contributed by atoms with E-state index < -0.39 is 0 Å². The lowest BCUT2D eigenvalue weighted by atomic mass is 10.3. The van der Waals surface area contributed by atoms with Crippen LogP contribution in [0.1, 0.15) is 24.6 Å². The molecule has 0 amide bonds. The molecule has 4 heteroatoms. The van der Waals surface area contributed by atoms with Crippen LogP contribution in [0.4, 0.5) is 0 Å². The van der Waals surface area contributed by atoms with Gasteiger partial charge in [0.1, 0.15) is 12.4 Å². The number of aromatic nitrogens is 2. The standard InChI is InChI=1S/C15H19N3O/c1-2-7-17-10-14-3-4-15(11-18-14)19-12-13-5-8-16-9-6-13/h3-6,8-9,11,17H,2,7,10,12H2,1H3. The van der Waals surface area contributed by atoms with Gasteiger partial charge in [-0.25, -0.2) is 0 Å². The molecule has 0 atom stereocenters. The summed E-state index contributed by atoms with van der Waals surface area (Å²) in [5.41, 5.74) is 2.13. The van der Waals surface area contributed by atoms with Crippen LogP contribution >= 0.6 is 0 Å². The molecular formula is C15H19N3O. The minimum atomic E-state index is 0.539. The van der Waals surface area contributed by atoms with E-state index in [4.69, 9.17) is 4.74 Å². The molecular weight excluding hydrogens is 238 g/mol. The van der Waals surface area contributed by atoms with Gasteiger partial charge in [0.15, 0.2) is 0 Å². The summed E-state index contributed by atoms with van der Waals surface area (Å²) in [6.07, 6.45) is 6.43. The van der Waals surface area contributed by atoms with Crippen LogP contribution in [0, 0.1) is 0 Å². The first-order valence-corrected chi connectivity index (χ1v) is 6.56. The maximum atomic E-state index is 5.66. The highest BCUT2D eigenvalue weighted by molar-refractivity contribution is 5.20. The Morgan fingerprint density at radius 2 is 2.00 bits per heavy atom. The van der Waals surface area contributed by atoms with E-state index in [1.165, 1.54) is 0 Å². The van der Waals surface area contributed by atoms with Gasteiger partial charge in [0.25, 0.3) is 0 Å². The molecule has 0 aliphatic rings. The summed E-state index contributed by atoms with van der Waals surface area (Å²) in [7, 11) is 0. The Morgan fingerprint density at radius 1 is 1.16 bits per heavy atom.